The Bertz CT molecular complexity index is 1090. The van der Waals surface area contributed by atoms with Crippen molar-refractivity contribution in [3.05, 3.63) is 88.2 Å². The van der Waals surface area contributed by atoms with Crippen LogP contribution in [-0.2, 0) is 11.3 Å². The number of carbonyl (C=O) groups excluding carboxylic acids is 2. The van der Waals surface area contributed by atoms with Crippen LogP contribution in [0.15, 0.2) is 75.1 Å². The highest BCUT2D eigenvalue weighted by Gasteiger charge is 2.27. The highest BCUT2D eigenvalue weighted by atomic mass is 32.2. The minimum atomic E-state index is -0.212. The number of likely N-dealkylation sites (N-methyl/N-ethyl adjacent to an activating group) is 1. The number of hydrogen-bond donors (Lipinski definition) is 1. The fourth-order valence-corrected chi connectivity index (χ4v) is 4.12. The van der Waals surface area contributed by atoms with Crippen LogP contribution in [0, 0.1) is 6.92 Å². The average Bonchev–Trinajstić information content (AvgIpc) is 3.25. The van der Waals surface area contributed by atoms with E-state index >= 15 is 0 Å². The molecular weight excluding hydrogens is 384 g/mol. The predicted octanol–water partition coefficient (Wildman–Crippen LogP) is 4.63. The molecule has 0 aliphatic carbocycles. The van der Waals surface area contributed by atoms with Crippen molar-refractivity contribution in [3.63, 3.8) is 0 Å². The molecule has 2 heterocycles. The number of nitrogens with zero attached hydrogens (tertiary/aromatic N) is 1. The Morgan fingerprint density at radius 3 is 2.69 bits per heavy atom. The number of hydrogen-bond acceptors (Lipinski definition) is 4. The van der Waals surface area contributed by atoms with Crippen molar-refractivity contribution in [1.29, 1.82) is 0 Å². The highest BCUT2D eigenvalue weighted by molar-refractivity contribution is 8.04. The maximum Gasteiger partial charge on any atom is 0.264 e. The number of fused-ring (bicyclic) bond motifs is 1. The molecule has 0 fully saturated rings. The van der Waals surface area contributed by atoms with E-state index in [9.17, 15) is 9.59 Å². The molecule has 2 amide bonds. The van der Waals surface area contributed by atoms with E-state index in [1.807, 2.05) is 43.3 Å². The molecule has 0 saturated carbocycles. The Hall–Kier alpha value is -3.25. The normalized spacial score (nSPS) is 14.8. The summed E-state index contributed by atoms with van der Waals surface area (Å²) in [4.78, 5) is 28.5. The van der Waals surface area contributed by atoms with Gasteiger partial charge in [-0.05, 0) is 48.9 Å². The number of anilines is 1. The zero-order valence-electron chi connectivity index (χ0n) is 16.1. The second-order valence-electron chi connectivity index (χ2n) is 6.83. The summed E-state index contributed by atoms with van der Waals surface area (Å²) >= 11 is 1.42. The largest absolute Gasteiger partial charge is 0.467 e. The molecule has 0 unspecified atom stereocenters. The lowest BCUT2D eigenvalue weighted by Gasteiger charge is -2.27. The third-order valence-electron chi connectivity index (χ3n) is 4.70. The molecule has 0 atom stereocenters. The summed E-state index contributed by atoms with van der Waals surface area (Å²) in [6, 6.07) is 17.0. The van der Waals surface area contributed by atoms with E-state index in [4.69, 9.17) is 4.42 Å². The molecule has 146 valence electrons. The van der Waals surface area contributed by atoms with E-state index in [2.05, 4.69) is 5.32 Å². The van der Waals surface area contributed by atoms with Gasteiger partial charge in [0.25, 0.3) is 11.8 Å². The Balaban J connectivity index is 1.55. The number of furan rings is 1. The first-order valence-electron chi connectivity index (χ1n) is 9.20. The lowest BCUT2D eigenvalue weighted by molar-refractivity contribution is -0.114. The lowest BCUT2D eigenvalue weighted by Crippen LogP contribution is -2.31. The molecule has 4 rings (SSSR count). The summed E-state index contributed by atoms with van der Waals surface area (Å²) in [5, 5.41) is 2.83. The molecule has 0 bridgehead atoms. The van der Waals surface area contributed by atoms with Crippen molar-refractivity contribution < 1.29 is 14.0 Å². The van der Waals surface area contributed by atoms with E-state index in [1.54, 1.807) is 42.5 Å². The monoisotopic (exact) mass is 404 g/mol. The first kappa shape index (κ1) is 19.1. The van der Waals surface area contributed by atoms with E-state index < -0.39 is 0 Å². The number of nitrogens with one attached hydrogen (secondary N) is 1. The Labute approximate surface area is 173 Å². The van der Waals surface area contributed by atoms with Crippen LogP contribution in [0.2, 0.25) is 0 Å². The molecule has 5 nitrogen and oxygen atoms in total. The summed E-state index contributed by atoms with van der Waals surface area (Å²) in [6.45, 7) is 2.35. The minimum absolute atomic E-state index is 0.0868. The summed E-state index contributed by atoms with van der Waals surface area (Å²) in [5.74, 6) is 0.386. The second kappa shape index (κ2) is 8.01. The molecule has 6 heteroatoms. The van der Waals surface area contributed by atoms with Crippen molar-refractivity contribution in [2.75, 3.05) is 11.9 Å². The zero-order valence-corrected chi connectivity index (χ0v) is 17.0. The SMILES string of the molecule is Cc1ccc(C=C2Sc3ccc(C(=O)NCc4ccco4)cc3N(C)C2=O)cc1. The molecule has 29 heavy (non-hydrogen) atoms. The standard InChI is InChI=1S/C23H20N2O3S/c1-15-5-7-16(8-6-15)12-21-23(27)25(2)19-13-17(9-10-20(19)29-21)22(26)24-14-18-4-3-11-28-18/h3-13H,14H2,1-2H3,(H,24,26). The van der Waals surface area contributed by atoms with Crippen LogP contribution >= 0.6 is 11.8 Å². The van der Waals surface area contributed by atoms with Crippen molar-refractivity contribution in [1.82, 2.24) is 5.32 Å². The molecule has 1 aromatic heterocycles. The molecule has 0 spiro atoms. The van der Waals surface area contributed by atoms with Crippen LogP contribution in [0.4, 0.5) is 5.69 Å². The third kappa shape index (κ3) is 4.12. The Kier molecular flexibility index (Phi) is 5.27. The summed E-state index contributed by atoms with van der Waals surface area (Å²) < 4.78 is 5.23. The van der Waals surface area contributed by atoms with Gasteiger partial charge in [-0.1, -0.05) is 41.6 Å². The second-order valence-corrected chi connectivity index (χ2v) is 7.91. The maximum absolute atomic E-state index is 12.8. The first-order valence-corrected chi connectivity index (χ1v) is 10.0. The predicted molar refractivity (Wildman–Crippen MR) is 115 cm³/mol. The van der Waals surface area contributed by atoms with Gasteiger partial charge in [-0.25, -0.2) is 0 Å². The first-order chi connectivity index (χ1) is 14.0. The fourth-order valence-electron chi connectivity index (χ4n) is 3.03. The summed E-state index contributed by atoms with van der Waals surface area (Å²) in [7, 11) is 1.73. The number of rotatable bonds is 4. The van der Waals surface area contributed by atoms with Crippen LogP contribution < -0.4 is 10.2 Å². The van der Waals surface area contributed by atoms with Gasteiger partial charge in [-0.15, -0.1) is 0 Å². The van der Waals surface area contributed by atoms with E-state index in [-0.39, 0.29) is 11.8 Å². The van der Waals surface area contributed by atoms with Gasteiger partial charge in [0, 0.05) is 17.5 Å². The van der Waals surface area contributed by atoms with Crippen LogP contribution in [0.5, 0.6) is 0 Å². The number of benzene rings is 2. The van der Waals surface area contributed by atoms with Gasteiger partial charge in [0.2, 0.25) is 0 Å². The summed E-state index contributed by atoms with van der Waals surface area (Å²) in [6.07, 6.45) is 3.47. The van der Waals surface area contributed by atoms with Gasteiger partial charge < -0.3 is 14.6 Å². The van der Waals surface area contributed by atoms with Crippen molar-refractivity contribution in [2.24, 2.45) is 0 Å². The fraction of sp³-hybridized carbons (Fsp3) is 0.130. The molecule has 3 aromatic rings. The van der Waals surface area contributed by atoms with Gasteiger partial charge in [-0.3, -0.25) is 9.59 Å². The lowest BCUT2D eigenvalue weighted by atomic mass is 10.1. The average molecular weight is 404 g/mol. The smallest absolute Gasteiger partial charge is 0.264 e. The van der Waals surface area contributed by atoms with E-state index in [1.165, 1.54) is 17.3 Å². The Morgan fingerprint density at radius 1 is 1.17 bits per heavy atom. The van der Waals surface area contributed by atoms with E-state index in [0.717, 1.165) is 16.1 Å². The highest BCUT2D eigenvalue weighted by Crippen LogP contribution is 2.42. The van der Waals surface area contributed by atoms with Crippen LogP contribution in [0.25, 0.3) is 6.08 Å². The molecule has 0 radical (unpaired) electrons. The molecule has 1 N–H and O–H groups in total. The zero-order chi connectivity index (χ0) is 20.4. The van der Waals surface area contributed by atoms with Crippen molar-refractivity contribution in [2.45, 2.75) is 18.4 Å². The molecule has 1 aliphatic rings. The number of aryl methyl sites for hydroxylation is 1. The molecule has 0 saturated heterocycles. The minimum Gasteiger partial charge on any atom is -0.467 e. The van der Waals surface area contributed by atoms with Crippen LogP contribution in [-0.4, -0.2) is 18.9 Å². The van der Waals surface area contributed by atoms with Crippen molar-refractivity contribution >= 4 is 35.3 Å². The van der Waals surface area contributed by atoms with Gasteiger partial charge in [0.15, 0.2) is 0 Å². The topological polar surface area (TPSA) is 62.6 Å². The number of amides is 2. The quantitative estimate of drug-likeness (QED) is 0.644. The third-order valence-corrected chi connectivity index (χ3v) is 5.77. The van der Waals surface area contributed by atoms with Crippen LogP contribution in [0.3, 0.4) is 0 Å². The van der Waals surface area contributed by atoms with Gasteiger partial charge in [-0.2, -0.15) is 0 Å². The van der Waals surface area contributed by atoms with E-state index in [0.29, 0.717) is 22.8 Å². The van der Waals surface area contributed by atoms with Crippen molar-refractivity contribution in [3.8, 4) is 0 Å². The number of thioether (sulfide) groups is 1. The Morgan fingerprint density at radius 2 is 1.97 bits per heavy atom. The van der Waals surface area contributed by atoms with Gasteiger partial charge >= 0.3 is 0 Å². The van der Waals surface area contributed by atoms with Gasteiger partial charge in [0.05, 0.1) is 23.4 Å². The summed E-state index contributed by atoms with van der Waals surface area (Å²) in [5.41, 5.74) is 3.39. The molecular formula is C23H20N2O3S. The molecule has 1 aliphatic heterocycles. The van der Waals surface area contributed by atoms with Gasteiger partial charge in [0.1, 0.15) is 5.76 Å². The maximum atomic E-state index is 12.8. The number of carbonyl (C=O) groups is 2. The molecule has 2 aromatic carbocycles. The van der Waals surface area contributed by atoms with Crippen LogP contribution in [0.1, 0.15) is 27.2 Å².